The molecule has 0 aromatic carbocycles. The quantitative estimate of drug-likeness (QED) is 0.813. The predicted molar refractivity (Wildman–Crippen MR) is 80.9 cm³/mol. The molecule has 1 aliphatic heterocycles. The Morgan fingerprint density at radius 1 is 1.09 bits per heavy atom. The van der Waals surface area contributed by atoms with Crippen molar-refractivity contribution in [2.75, 3.05) is 13.2 Å². The lowest BCUT2D eigenvalue weighted by Crippen LogP contribution is -2.51. The van der Waals surface area contributed by atoms with Crippen molar-refractivity contribution in [3.8, 4) is 0 Å². The summed E-state index contributed by atoms with van der Waals surface area (Å²) in [7, 11) is 0. The lowest BCUT2D eigenvalue weighted by atomic mass is 9.49. The molecule has 0 radical (unpaired) electrons. The molecule has 2 amide bonds. The Balaban J connectivity index is 1.39. The number of urea groups is 1. The molecule has 5 aliphatic rings. The van der Waals surface area contributed by atoms with Crippen LogP contribution < -0.4 is 5.73 Å². The Kier molecular flexibility index (Phi) is 3.35. The number of nitrogens with two attached hydrogens (primary N) is 1. The van der Waals surface area contributed by atoms with Gasteiger partial charge in [0.15, 0.2) is 0 Å². The van der Waals surface area contributed by atoms with Crippen molar-refractivity contribution in [2.45, 2.75) is 57.4 Å². The van der Waals surface area contributed by atoms with E-state index in [0.717, 1.165) is 49.9 Å². The van der Waals surface area contributed by atoms with E-state index in [2.05, 4.69) is 0 Å². The summed E-state index contributed by atoms with van der Waals surface area (Å²) in [5.74, 6) is 2.23. The minimum absolute atomic E-state index is 0.00270. The summed E-state index contributed by atoms with van der Waals surface area (Å²) in [6.07, 6.45) is 8.89. The predicted octanol–water partition coefficient (Wildman–Crippen LogP) is 2.29. The van der Waals surface area contributed by atoms with Crippen LogP contribution in [0.15, 0.2) is 0 Å². The molecule has 0 aromatic rings. The Morgan fingerprint density at radius 3 is 2.23 bits per heavy atom. The number of primary amides is 1. The first kappa shape index (κ1) is 14.3. The zero-order valence-corrected chi connectivity index (χ0v) is 13.1. The zero-order chi connectivity index (χ0) is 15.3. The molecule has 0 spiro atoms. The second-order valence-electron chi connectivity index (χ2n) is 8.12. The third kappa shape index (κ3) is 2.29. The highest BCUT2D eigenvalue weighted by Crippen LogP contribution is 2.60. The van der Waals surface area contributed by atoms with E-state index in [0.29, 0.717) is 13.2 Å². The number of hydrogen-bond acceptors (Lipinski definition) is 3. The van der Waals surface area contributed by atoms with Gasteiger partial charge in [-0.15, -0.1) is 0 Å². The molecule has 0 aromatic heterocycles. The van der Waals surface area contributed by atoms with Gasteiger partial charge < -0.3 is 15.4 Å². The molecular weight excluding hydrogens is 280 g/mol. The number of amides is 2. The molecule has 5 rings (SSSR count). The fourth-order valence-corrected chi connectivity index (χ4v) is 5.98. The van der Waals surface area contributed by atoms with E-state index >= 15 is 0 Å². The number of carbonyl (C=O) groups excluding carboxylic acids is 2. The smallest absolute Gasteiger partial charge is 0.315 e. The van der Waals surface area contributed by atoms with Crippen molar-refractivity contribution in [1.29, 1.82) is 0 Å². The highest BCUT2D eigenvalue weighted by atomic mass is 16.5. The van der Waals surface area contributed by atoms with Crippen LogP contribution in [0.25, 0.3) is 0 Å². The van der Waals surface area contributed by atoms with Gasteiger partial charge in [-0.2, -0.15) is 0 Å². The molecule has 1 unspecified atom stereocenters. The zero-order valence-electron chi connectivity index (χ0n) is 13.1. The normalized spacial score (nSPS) is 42.6. The van der Waals surface area contributed by atoms with Crippen LogP contribution >= 0.6 is 0 Å². The number of esters is 1. The maximum atomic E-state index is 12.8. The molecule has 1 saturated heterocycles. The number of likely N-dealkylation sites (tertiary alicyclic amines) is 1. The van der Waals surface area contributed by atoms with E-state index in [9.17, 15) is 9.59 Å². The van der Waals surface area contributed by atoms with Crippen LogP contribution in [0.2, 0.25) is 0 Å². The third-order valence-electron chi connectivity index (χ3n) is 6.54. The van der Waals surface area contributed by atoms with Crippen LogP contribution in [0.5, 0.6) is 0 Å². The largest absolute Gasteiger partial charge is 0.463 e. The van der Waals surface area contributed by atoms with E-state index in [4.69, 9.17) is 10.5 Å². The van der Waals surface area contributed by atoms with Gasteiger partial charge in [0.1, 0.15) is 6.61 Å². The number of nitrogens with zero attached hydrogens (tertiary/aromatic N) is 1. The first-order valence-corrected chi connectivity index (χ1v) is 8.79. The van der Waals surface area contributed by atoms with Crippen molar-refractivity contribution in [1.82, 2.24) is 4.90 Å². The molecular formula is C17H26N2O3. The first-order chi connectivity index (χ1) is 10.6. The maximum absolute atomic E-state index is 12.8. The van der Waals surface area contributed by atoms with E-state index in [1.54, 1.807) is 4.90 Å². The standard InChI is InChI=1S/C17H26N2O3/c18-16(21)19-3-1-2-14(19)10-22-15(20)17-7-11-4-12(8-17)6-13(5-11)9-17/h11-14H,1-10H2,(H2,18,21). The molecule has 1 heterocycles. The number of ether oxygens (including phenoxy) is 1. The molecule has 22 heavy (non-hydrogen) atoms. The van der Waals surface area contributed by atoms with E-state index in [1.807, 2.05) is 0 Å². The van der Waals surface area contributed by atoms with Crippen molar-refractivity contribution < 1.29 is 14.3 Å². The monoisotopic (exact) mass is 306 g/mol. The Bertz CT molecular complexity index is 455. The van der Waals surface area contributed by atoms with Gasteiger partial charge in [0.05, 0.1) is 11.5 Å². The highest BCUT2D eigenvalue weighted by molar-refractivity contribution is 5.77. The average molecular weight is 306 g/mol. The minimum Gasteiger partial charge on any atom is -0.463 e. The van der Waals surface area contributed by atoms with Crippen LogP contribution in [0.3, 0.4) is 0 Å². The molecule has 5 heteroatoms. The molecule has 4 bridgehead atoms. The lowest BCUT2D eigenvalue weighted by molar-refractivity contribution is -0.172. The first-order valence-electron chi connectivity index (χ1n) is 8.79. The van der Waals surface area contributed by atoms with Crippen LogP contribution in [0.4, 0.5) is 4.79 Å². The summed E-state index contributed by atoms with van der Waals surface area (Å²) in [5.41, 5.74) is 5.18. The minimum atomic E-state index is -0.395. The fraction of sp³-hybridized carbons (Fsp3) is 0.882. The van der Waals surface area contributed by atoms with Gasteiger partial charge in [0.25, 0.3) is 0 Å². The van der Waals surface area contributed by atoms with Crippen molar-refractivity contribution in [2.24, 2.45) is 28.9 Å². The highest BCUT2D eigenvalue weighted by Gasteiger charge is 2.55. The van der Waals surface area contributed by atoms with Gasteiger partial charge >= 0.3 is 12.0 Å². The van der Waals surface area contributed by atoms with Crippen LogP contribution in [0, 0.1) is 23.2 Å². The molecule has 2 N–H and O–H groups in total. The Labute approximate surface area is 131 Å². The van der Waals surface area contributed by atoms with Gasteiger partial charge in [0.2, 0.25) is 0 Å². The summed E-state index contributed by atoms with van der Waals surface area (Å²) in [6.45, 7) is 1.01. The molecule has 122 valence electrons. The topological polar surface area (TPSA) is 72.6 Å². The summed E-state index contributed by atoms with van der Waals surface area (Å²) in [6, 6.07) is -0.413. The average Bonchev–Trinajstić information content (AvgIpc) is 2.91. The maximum Gasteiger partial charge on any atom is 0.315 e. The van der Waals surface area contributed by atoms with Crippen LogP contribution in [-0.4, -0.2) is 36.1 Å². The number of rotatable bonds is 3. The number of carbonyl (C=O) groups is 2. The lowest BCUT2D eigenvalue weighted by Gasteiger charge is -2.55. The second kappa shape index (κ2) is 5.14. The summed E-state index contributed by atoms with van der Waals surface area (Å²) < 4.78 is 5.70. The number of hydrogen-bond donors (Lipinski definition) is 1. The summed E-state index contributed by atoms with van der Waals surface area (Å²) >= 11 is 0. The molecule has 4 aliphatic carbocycles. The Hall–Kier alpha value is -1.26. The van der Waals surface area contributed by atoms with E-state index < -0.39 is 6.03 Å². The van der Waals surface area contributed by atoms with Crippen LogP contribution in [-0.2, 0) is 9.53 Å². The molecule has 4 saturated carbocycles. The van der Waals surface area contributed by atoms with E-state index in [-0.39, 0.29) is 17.4 Å². The van der Waals surface area contributed by atoms with E-state index in [1.165, 1.54) is 19.3 Å². The third-order valence-corrected chi connectivity index (χ3v) is 6.54. The molecule has 5 nitrogen and oxygen atoms in total. The molecule has 1 atom stereocenters. The van der Waals surface area contributed by atoms with Crippen LogP contribution in [0.1, 0.15) is 51.4 Å². The second-order valence-corrected chi connectivity index (χ2v) is 8.12. The van der Waals surface area contributed by atoms with Gasteiger partial charge in [-0.25, -0.2) is 4.79 Å². The summed E-state index contributed by atoms with van der Waals surface area (Å²) in [5, 5.41) is 0. The van der Waals surface area contributed by atoms with Gasteiger partial charge in [-0.3, -0.25) is 4.79 Å². The Morgan fingerprint density at radius 2 is 1.68 bits per heavy atom. The van der Waals surface area contributed by atoms with Crippen molar-refractivity contribution in [3.05, 3.63) is 0 Å². The SMILES string of the molecule is NC(=O)N1CCCC1COC(=O)C12CC3CC(CC(C3)C1)C2. The van der Waals surface area contributed by atoms with Gasteiger partial charge in [-0.05, 0) is 69.1 Å². The molecule has 5 fully saturated rings. The van der Waals surface area contributed by atoms with Gasteiger partial charge in [-0.1, -0.05) is 0 Å². The van der Waals surface area contributed by atoms with Crippen molar-refractivity contribution in [3.63, 3.8) is 0 Å². The fourth-order valence-electron chi connectivity index (χ4n) is 5.98. The van der Waals surface area contributed by atoms with Crippen molar-refractivity contribution >= 4 is 12.0 Å². The summed E-state index contributed by atoms with van der Waals surface area (Å²) in [4.78, 5) is 25.8. The van der Waals surface area contributed by atoms with Gasteiger partial charge in [0, 0.05) is 6.54 Å².